The van der Waals surface area contributed by atoms with Crippen molar-refractivity contribution in [2.75, 3.05) is 0 Å². The molecule has 8 atom stereocenters. The standard InChI is InChI=1S/C29H48O/c1-7-21(19(2)3)9-8-20(4)25-12-13-26-24-11-10-22-18-23(30)14-16-28(22,5)27(24)15-17-29(25,26)6/h8,10,19,21,23-27,30H,7,9,11-18H2,1-6H3/b20-8-/t21-,23-,24-,25-,26-,27-,28+,29-/m1/s1. The number of hydrogen-bond acceptors (Lipinski definition) is 1. The maximum absolute atomic E-state index is 10.2. The molecule has 0 radical (unpaired) electrons. The highest BCUT2D eigenvalue weighted by atomic mass is 16.3. The predicted octanol–water partition coefficient (Wildman–Crippen LogP) is 7.94. The fourth-order valence-corrected chi connectivity index (χ4v) is 8.78. The molecule has 4 aliphatic carbocycles. The van der Waals surface area contributed by atoms with Crippen LogP contribution in [0.4, 0.5) is 0 Å². The molecule has 0 aromatic heterocycles. The highest BCUT2D eigenvalue weighted by Gasteiger charge is 2.58. The molecule has 4 aliphatic rings. The first-order chi connectivity index (χ1) is 14.2. The molecular weight excluding hydrogens is 364 g/mol. The van der Waals surface area contributed by atoms with Gasteiger partial charge in [0.1, 0.15) is 0 Å². The van der Waals surface area contributed by atoms with Gasteiger partial charge in [0.25, 0.3) is 0 Å². The van der Waals surface area contributed by atoms with Gasteiger partial charge in [0.2, 0.25) is 0 Å². The molecule has 0 amide bonds. The molecule has 3 saturated carbocycles. The Bertz CT molecular complexity index is 686. The van der Waals surface area contributed by atoms with Gasteiger partial charge in [-0.15, -0.1) is 0 Å². The normalized spacial score (nSPS) is 44.9. The van der Waals surface area contributed by atoms with Gasteiger partial charge in [0.15, 0.2) is 0 Å². The summed E-state index contributed by atoms with van der Waals surface area (Å²) in [5.74, 6) is 5.07. The molecule has 1 N–H and O–H groups in total. The van der Waals surface area contributed by atoms with Crippen LogP contribution in [0.1, 0.15) is 106 Å². The Labute approximate surface area is 186 Å². The molecule has 0 saturated heterocycles. The second-order valence-electron chi connectivity index (χ2n) is 12.4. The Balaban J connectivity index is 1.53. The highest BCUT2D eigenvalue weighted by molar-refractivity contribution is 5.26. The van der Waals surface area contributed by atoms with Crippen LogP contribution in [0.15, 0.2) is 23.3 Å². The fraction of sp³-hybridized carbons (Fsp3) is 0.862. The molecule has 30 heavy (non-hydrogen) atoms. The first-order valence-electron chi connectivity index (χ1n) is 13.2. The summed E-state index contributed by atoms with van der Waals surface area (Å²) in [6.07, 6.45) is 17.8. The van der Waals surface area contributed by atoms with Crippen LogP contribution < -0.4 is 0 Å². The van der Waals surface area contributed by atoms with Crippen molar-refractivity contribution in [3.8, 4) is 0 Å². The van der Waals surface area contributed by atoms with E-state index in [0.29, 0.717) is 10.8 Å². The Morgan fingerprint density at radius 1 is 1.13 bits per heavy atom. The van der Waals surface area contributed by atoms with Crippen molar-refractivity contribution < 1.29 is 5.11 Å². The van der Waals surface area contributed by atoms with E-state index < -0.39 is 0 Å². The Morgan fingerprint density at radius 2 is 1.90 bits per heavy atom. The lowest BCUT2D eigenvalue weighted by atomic mass is 9.47. The second kappa shape index (κ2) is 8.42. The van der Waals surface area contributed by atoms with Crippen molar-refractivity contribution in [2.24, 2.45) is 46.3 Å². The van der Waals surface area contributed by atoms with Crippen molar-refractivity contribution in [3.05, 3.63) is 23.3 Å². The van der Waals surface area contributed by atoms with E-state index in [0.717, 1.165) is 48.3 Å². The van der Waals surface area contributed by atoms with Crippen LogP contribution in [-0.2, 0) is 0 Å². The van der Waals surface area contributed by atoms with Crippen molar-refractivity contribution in [3.63, 3.8) is 0 Å². The van der Waals surface area contributed by atoms with E-state index >= 15 is 0 Å². The van der Waals surface area contributed by atoms with Crippen LogP contribution >= 0.6 is 0 Å². The molecule has 1 nitrogen and oxygen atoms in total. The molecule has 0 spiro atoms. The zero-order valence-corrected chi connectivity index (χ0v) is 20.7. The summed E-state index contributed by atoms with van der Waals surface area (Å²) >= 11 is 0. The number of aliphatic hydroxyl groups is 1. The third-order valence-electron chi connectivity index (χ3n) is 10.8. The lowest BCUT2D eigenvalue weighted by Crippen LogP contribution is -2.50. The molecule has 170 valence electrons. The molecule has 4 rings (SSSR count). The first kappa shape index (κ1) is 22.6. The van der Waals surface area contributed by atoms with Gasteiger partial charge in [-0.3, -0.25) is 0 Å². The van der Waals surface area contributed by atoms with Crippen LogP contribution in [0.3, 0.4) is 0 Å². The van der Waals surface area contributed by atoms with E-state index in [1.165, 1.54) is 51.4 Å². The topological polar surface area (TPSA) is 20.2 Å². The molecular formula is C29H48O. The van der Waals surface area contributed by atoms with E-state index in [1.807, 2.05) is 0 Å². The summed E-state index contributed by atoms with van der Waals surface area (Å²) in [7, 11) is 0. The fourth-order valence-electron chi connectivity index (χ4n) is 8.78. The lowest BCUT2D eigenvalue weighted by molar-refractivity contribution is -0.0454. The highest BCUT2D eigenvalue weighted by Crippen LogP contribution is 2.67. The van der Waals surface area contributed by atoms with Crippen LogP contribution in [0.25, 0.3) is 0 Å². The Morgan fingerprint density at radius 3 is 2.60 bits per heavy atom. The Hall–Kier alpha value is -0.560. The van der Waals surface area contributed by atoms with Gasteiger partial charge in [-0.1, -0.05) is 64.3 Å². The van der Waals surface area contributed by atoms with Gasteiger partial charge in [-0.2, -0.15) is 0 Å². The monoisotopic (exact) mass is 412 g/mol. The average Bonchev–Trinajstić information content (AvgIpc) is 3.06. The minimum Gasteiger partial charge on any atom is -0.393 e. The van der Waals surface area contributed by atoms with Gasteiger partial charge >= 0.3 is 0 Å². The number of allylic oxidation sites excluding steroid dienone is 3. The van der Waals surface area contributed by atoms with Gasteiger partial charge in [-0.25, -0.2) is 0 Å². The van der Waals surface area contributed by atoms with Gasteiger partial charge in [-0.05, 0) is 111 Å². The smallest absolute Gasteiger partial charge is 0.0577 e. The van der Waals surface area contributed by atoms with E-state index in [2.05, 4.69) is 53.7 Å². The number of aliphatic hydroxyl groups excluding tert-OH is 1. The Kier molecular flexibility index (Phi) is 6.35. The SMILES string of the molecule is CC[C@H](C/C=C(/C)[C@H]1CC[C@@H]2[C@H]3CC=C4C[C@H](O)CC[C@]4(C)[C@@H]3CC[C@]12C)C(C)C. The zero-order chi connectivity index (χ0) is 21.7. The van der Waals surface area contributed by atoms with Crippen LogP contribution in [0, 0.1) is 46.3 Å². The van der Waals surface area contributed by atoms with Crippen molar-refractivity contribution >= 4 is 0 Å². The van der Waals surface area contributed by atoms with Crippen LogP contribution in [-0.4, -0.2) is 11.2 Å². The van der Waals surface area contributed by atoms with Gasteiger partial charge in [0, 0.05) is 0 Å². The summed E-state index contributed by atoms with van der Waals surface area (Å²) in [5, 5.41) is 10.2. The summed E-state index contributed by atoms with van der Waals surface area (Å²) < 4.78 is 0. The zero-order valence-electron chi connectivity index (χ0n) is 20.7. The van der Waals surface area contributed by atoms with Crippen molar-refractivity contribution in [1.29, 1.82) is 0 Å². The van der Waals surface area contributed by atoms with Crippen LogP contribution in [0.2, 0.25) is 0 Å². The minimum absolute atomic E-state index is 0.0869. The minimum atomic E-state index is -0.0869. The van der Waals surface area contributed by atoms with Gasteiger partial charge < -0.3 is 5.11 Å². The second-order valence-corrected chi connectivity index (χ2v) is 12.4. The maximum atomic E-state index is 10.2. The average molecular weight is 413 g/mol. The molecule has 0 bridgehead atoms. The van der Waals surface area contributed by atoms with E-state index in [1.54, 1.807) is 11.1 Å². The lowest BCUT2D eigenvalue weighted by Gasteiger charge is -2.58. The third kappa shape index (κ3) is 3.66. The maximum Gasteiger partial charge on any atom is 0.0577 e. The first-order valence-corrected chi connectivity index (χ1v) is 13.2. The summed E-state index contributed by atoms with van der Waals surface area (Å²) in [6, 6.07) is 0. The van der Waals surface area contributed by atoms with Crippen molar-refractivity contribution in [2.45, 2.75) is 112 Å². The molecule has 0 unspecified atom stereocenters. The largest absolute Gasteiger partial charge is 0.393 e. The van der Waals surface area contributed by atoms with Crippen LogP contribution in [0.5, 0.6) is 0 Å². The predicted molar refractivity (Wildman–Crippen MR) is 128 cm³/mol. The third-order valence-corrected chi connectivity index (χ3v) is 10.8. The number of hydrogen-bond donors (Lipinski definition) is 1. The summed E-state index contributed by atoms with van der Waals surface area (Å²) in [5.41, 5.74) is 4.20. The quantitative estimate of drug-likeness (QED) is 0.454. The summed E-state index contributed by atoms with van der Waals surface area (Å²) in [6.45, 7) is 14.8. The molecule has 0 aliphatic heterocycles. The summed E-state index contributed by atoms with van der Waals surface area (Å²) in [4.78, 5) is 0. The van der Waals surface area contributed by atoms with E-state index in [4.69, 9.17) is 0 Å². The number of rotatable bonds is 5. The molecule has 1 heteroatoms. The van der Waals surface area contributed by atoms with Crippen molar-refractivity contribution in [1.82, 2.24) is 0 Å². The molecule has 0 aromatic rings. The van der Waals surface area contributed by atoms with E-state index in [-0.39, 0.29) is 6.10 Å². The molecule has 3 fully saturated rings. The molecule has 0 heterocycles. The van der Waals surface area contributed by atoms with E-state index in [9.17, 15) is 5.11 Å². The number of fused-ring (bicyclic) bond motifs is 5. The van der Waals surface area contributed by atoms with Gasteiger partial charge in [0.05, 0.1) is 6.10 Å². The molecule has 0 aromatic carbocycles.